The average Bonchev–Trinajstić information content (AvgIpc) is 3.31. The third-order valence-corrected chi connectivity index (χ3v) is 7.27. The summed E-state index contributed by atoms with van der Waals surface area (Å²) in [5.41, 5.74) is 0.960. The number of nitro benzene ring substituents is 1. The van der Waals surface area contributed by atoms with Gasteiger partial charge in [-0.05, 0) is 25.0 Å². The van der Waals surface area contributed by atoms with Gasteiger partial charge in [0.05, 0.1) is 4.92 Å². The number of carbonyl (C=O) groups excluding carboxylic acids is 2. The van der Waals surface area contributed by atoms with Crippen molar-refractivity contribution in [3.05, 3.63) is 39.4 Å². The minimum atomic E-state index is -0.419. The van der Waals surface area contributed by atoms with Gasteiger partial charge in [-0.15, -0.1) is 10.2 Å². The molecule has 4 rings (SSSR count). The Bertz CT molecular complexity index is 981. The summed E-state index contributed by atoms with van der Waals surface area (Å²) in [4.78, 5) is 39.1. The Kier molecular flexibility index (Phi) is 7.48. The Morgan fingerprint density at radius 2 is 1.73 bits per heavy atom. The minimum Gasteiger partial charge on any atom is -0.368 e. The van der Waals surface area contributed by atoms with Crippen LogP contribution in [-0.4, -0.2) is 58.0 Å². The molecule has 0 atom stereocenters. The highest BCUT2D eigenvalue weighted by Gasteiger charge is 2.23. The number of amides is 2. The molecule has 0 radical (unpaired) electrons. The number of benzene rings is 1. The first kappa shape index (κ1) is 23.1. The summed E-state index contributed by atoms with van der Waals surface area (Å²) in [7, 11) is 0. The quantitative estimate of drug-likeness (QED) is 0.483. The zero-order valence-electron chi connectivity index (χ0n) is 18.4. The Hall–Kier alpha value is -3.08. The van der Waals surface area contributed by atoms with Crippen LogP contribution in [0.5, 0.6) is 0 Å². The second kappa shape index (κ2) is 10.7. The topological polar surface area (TPSA) is 122 Å². The molecule has 2 fully saturated rings. The molecular formula is C22H28N6O4S. The van der Waals surface area contributed by atoms with E-state index in [9.17, 15) is 19.7 Å². The van der Waals surface area contributed by atoms with Crippen molar-refractivity contribution in [1.29, 1.82) is 0 Å². The molecule has 2 amide bonds. The zero-order valence-corrected chi connectivity index (χ0v) is 19.3. The highest BCUT2D eigenvalue weighted by molar-refractivity contribution is 7.15. The van der Waals surface area contributed by atoms with Crippen molar-refractivity contribution >= 4 is 39.7 Å². The molecule has 1 saturated carbocycles. The zero-order chi connectivity index (χ0) is 23.2. The van der Waals surface area contributed by atoms with Crippen molar-refractivity contribution in [2.45, 2.75) is 50.9 Å². The SMILES string of the molecule is O=C(CCC(=O)N1CCN(c2ccc([N+](=O)[O-])cc2)CC1)Nc1nnc(C2CCCCC2)s1. The van der Waals surface area contributed by atoms with Crippen LogP contribution in [0.2, 0.25) is 0 Å². The minimum absolute atomic E-state index is 0.0475. The molecular weight excluding hydrogens is 444 g/mol. The summed E-state index contributed by atoms with van der Waals surface area (Å²) >= 11 is 1.44. The number of hydrogen-bond donors (Lipinski definition) is 1. The molecule has 11 heteroatoms. The third kappa shape index (κ3) is 6.04. The molecule has 0 unspecified atom stereocenters. The molecule has 0 spiro atoms. The van der Waals surface area contributed by atoms with Crippen LogP contribution in [0, 0.1) is 10.1 Å². The Morgan fingerprint density at radius 3 is 2.39 bits per heavy atom. The molecule has 176 valence electrons. The molecule has 1 aliphatic heterocycles. The van der Waals surface area contributed by atoms with Crippen molar-refractivity contribution in [2.75, 3.05) is 36.4 Å². The van der Waals surface area contributed by atoms with Gasteiger partial charge in [0.25, 0.3) is 5.69 Å². The fraction of sp³-hybridized carbons (Fsp3) is 0.545. The van der Waals surface area contributed by atoms with Gasteiger partial charge in [0, 0.05) is 62.8 Å². The first-order chi connectivity index (χ1) is 16.0. The Morgan fingerprint density at radius 1 is 1.03 bits per heavy atom. The summed E-state index contributed by atoms with van der Waals surface area (Å²) in [6.07, 6.45) is 6.24. The molecule has 1 N–H and O–H groups in total. The molecule has 2 aromatic rings. The van der Waals surface area contributed by atoms with E-state index in [4.69, 9.17) is 0 Å². The lowest BCUT2D eigenvalue weighted by Gasteiger charge is -2.36. The molecule has 1 aliphatic carbocycles. The van der Waals surface area contributed by atoms with E-state index in [2.05, 4.69) is 20.4 Å². The number of hydrogen-bond acceptors (Lipinski definition) is 8. The van der Waals surface area contributed by atoms with Crippen molar-refractivity contribution in [3.63, 3.8) is 0 Å². The van der Waals surface area contributed by atoms with Gasteiger partial charge in [-0.1, -0.05) is 30.6 Å². The van der Waals surface area contributed by atoms with Crippen LogP contribution in [0.3, 0.4) is 0 Å². The number of rotatable bonds is 7. The highest BCUT2D eigenvalue weighted by Crippen LogP contribution is 2.35. The normalized spacial score (nSPS) is 17.1. The summed E-state index contributed by atoms with van der Waals surface area (Å²) in [5.74, 6) is 0.181. The van der Waals surface area contributed by atoms with Gasteiger partial charge in [0.2, 0.25) is 16.9 Å². The van der Waals surface area contributed by atoms with Gasteiger partial charge >= 0.3 is 0 Å². The molecule has 1 saturated heterocycles. The third-order valence-electron chi connectivity index (χ3n) is 6.27. The standard InChI is InChI=1S/C22H28N6O4S/c29-19(23-22-25-24-21(33-22)16-4-2-1-3-5-16)10-11-20(30)27-14-12-26(13-15-27)17-6-8-18(9-7-17)28(31)32/h6-9,16H,1-5,10-15H2,(H,23,25,29). The lowest BCUT2D eigenvalue weighted by atomic mass is 9.90. The molecule has 10 nitrogen and oxygen atoms in total. The van der Waals surface area contributed by atoms with Crippen LogP contribution in [-0.2, 0) is 9.59 Å². The van der Waals surface area contributed by atoms with Crippen molar-refractivity contribution in [1.82, 2.24) is 15.1 Å². The number of carbonyl (C=O) groups is 2. The number of non-ortho nitro benzene ring substituents is 1. The van der Waals surface area contributed by atoms with Gasteiger partial charge in [-0.25, -0.2) is 0 Å². The lowest BCUT2D eigenvalue weighted by molar-refractivity contribution is -0.384. The van der Waals surface area contributed by atoms with Crippen LogP contribution in [0.4, 0.5) is 16.5 Å². The average molecular weight is 473 g/mol. The van der Waals surface area contributed by atoms with Crippen LogP contribution in [0.1, 0.15) is 55.9 Å². The number of nitrogens with one attached hydrogen (secondary N) is 1. The fourth-order valence-corrected chi connectivity index (χ4v) is 5.29. The van der Waals surface area contributed by atoms with E-state index in [1.165, 1.54) is 42.7 Å². The smallest absolute Gasteiger partial charge is 0.269 e. The number of nitro groups is 1. The maximum absolute atomic E-state index is 12.6. The largest absolute Gasteiger partial charge is 0.368 e. The first-order valence-corrected chi connectivity index (χ1v) is 12.2. The van der Waals surface area contributed by atoms with Crippen molar-refractivity contribution in [2.24, 2.45) is 0 Å². The van der Waals surface area contributed by atoms with Crippen molar-refractivity contribution in [3.8, 4) is 0 Å². The monoisotopic (exact) mass is 472 g/mol. The summed E-state index contributed by atoms with van der Waals surface area (Å²) in [6, 6.07) is 6.43. The van der Waals surface area contributed by atoms with E-state index in [1.54, 1.807) is 17.0 Å². The first-order valence-electron chi connectivity index (χ1n) is 11.4. The van der Waals surface area contributed by atoms with E-state index in [0.717, 1.165) is 23.5 Å². The molecule has 1 aromatic heterocycles. The number of nitrogens with zero attached hydrogens (tertiary/aromatic N) is 5. The molecule has 2 aliphatic rings. The molecule has 0 bridgehead atoms. The van der Waals surface area contributed by atoms with Gasteiger partial charge < -0.3 is 15.1 Å². The van der Waals surface area contributed by atoms with E-state index < -0.39 is 4.92 Å². The van der Waals surface area contributed by atoms with Crippen molar-refractivity contribution < 1.29 is 14.5 Å². The Balaban J connectivity index is 1.19. The van der Waals surface area contributed by atoms with Gasteiger partial charge in [-0.2, -0.15) is 0 Å². The van der Waals surface area contributed by atoms with E-state index in [1.807, 2.05) is 0 Å². The van der Waals surface area contributed by atoms with E-state index in [-0.39, 0.29) is 30.3 Å². The number of anilines is 2. The van der Waals surface area contributed by atoms with Crippen LogP contribution < -0.4 is 10.2 Å². The number of aromatic nitrogens is 2. The van der Waals surface area contributed by atoms with Gasteiger partial charge in [-0.3, -0.25) is 19.7 Å². The van der Waals surface area contributed by atoms with E-state index in [0.29, 0.717) is 37.2 Å². The lowest BCUT2D eigenvalue weighted by Crippen LogP contribution is -2.48. The van der Waals surface area contributed by atoms with Crippen LogP contribution >= 0.6 is 11.3 Å². The second-order valence-electron chi connectivity index (χ2n) is 8.47. The maximum atomic E-state index is 12.6. The predicted molar refractivity (Wildman–Crippen MR) is 125 cm³/mol. The van der Waals surface area contributed by atoms with E-state index >= 15 is 0 Å². The van der Waals surface area contributed by atoms with Crippen LogP contribution in [0.15, 0.2) is 24.3 Å². The second-order valence-corrected chi connectivity index (χ2v) is 9.48. The molecule has 1 aromatic carbocycles. The predicted octanol–water partition coefficient (Wildman–Crippen LogP) is 3.56. The fourth-order valence-electron chi connectivity index (χ4n) is 4.36. The maximum Gasteiger partial charge on any atom is 0.269 e. The molecule has 2 heterocycles. The summed E-state index contributed by atoms with van der Waals surface area (Å²) in [6.45, 7) is 2.39. The highest BCUT2D eigenvalue weighted by atomic mass is 32.1. The van der Waals surface area contributed by atoms with Gasteiger partial charge in [0.15, 0.2) is 0 Å². The number of piperazine rings is 1. The van der Waals surface area contributed by atoms with Gasteiger partial charge in [0.1, 0.15) is 5.01 Å². The molecule has 33 heavy (non-hydrogen) atoms. The Labute approximate surface area is 196 Å². The summed E-state index contributed by atoms with van der Waals surface area (Å²) in [5, 5.41) is 23.4. The van der Waals surface area contributed by atoms with Crippen LogP contribution in [0.25, 0.3) is 0 Å². The summed E-state index contributed by atoms with van der Waals surface area (Å²) < 4.78 is 0.